The fourth-order valence-electron chi connectivity index (χ4n) is 4.46. The molecule has 0 aliphatic carbocycles. The maximum atomic E-state index is 13.7. The molecule has 1 aromatic heterocycles. The first kappa shape index (κ1) is 27.3. The lowest BCUT2D eigenvalue weighted by Crippen LogP contribution is -2.44. The van der Waals surface area contributed by atoms with Crippen molar-refractivity contribution in [3.8, 4) is 5.75 Å². The summed E-state index contributed by atoms with van der Waals surface area (Å²) in [6, 6.07) is 12.8. The number of aromatic nitrogens is 1. The van der Waals surface area contributed by atoms with E-state index in [9.17, 15) is 23.2 Å². The zero-order valence-corrected chi connectivity index (χ0v) is 21.5. The van der Waals surface area contributed by atoms with Crippen LogP contribution < -0.4 is 20.5 Å². The summed E-state index contributed by atoms with van der Waals surface area (Å²) in [6.07, 6.45) is 1.65. The van der Waals surface area contributed by atoms with Crippen molar-refractivity contribution in [1.29, 1.82) is 0 Å². The van der Waals surface area contributed by atoms with Gasteiger partial charge in [-0.05, 0) is 60.5 Å². The topological polar surface area (TPSA) is 89.9 Å². The monoisotopic (exact) mass is 545 g/mol. The number of hydrogen-bond donors (Lipinski definition) is 1. The number of methoxy groups -OCH3 is 1. The van der Waals surface area contributed by atoms with Crippen LogP contribution in [0.5, 0.6) is 5.75 Å². The minimum Gasteiger partial charge on any atom is -0.435 e. The smallest absolute Gasteiger partial charge is 0.387 e. The third-order valence-corrected chi connectivity index (χ3v) is 6.64. The van der Waals surface area contributed by atoms with E-state index in [4.69, 9.17) is 16.3 Å². The van der Waals surface area contributed by atoms with Gasteiger partial charge in [-0.2, -0.15) is 8.78 Å². The Bertz CT molecular complexity index is 1360. The molecule has 2 amide bonds. The van der Waals surface area contributed by atoms with Gasteiger partial charge in [0.1, 0.15) is 17.5 Å². The number of rotatable bonds is 9. The van der Waals surface area contributed by atoms with E-state index in [1.165, 1.54) is 40.8 Å². The maximum absolute atomic E-state index is 13.7. The number of carbonyl (C=O) groups excluding carboxylic acids is 2. The fourth-order valence-corrected chi connectivity index (χ4v) is 4.59. The van der Waals surface area contributed by atoms with Crippen molar-refractivity contribution < 1.29 is 27.8 Å². The molecular weight excluding hydrogens is 520 g/mol. The van der Waals surface area contributed by atoms with Crippen LogP contribution in [0.15, 0.2) is 65.6 Å². The molecule has 8 nitrogen and oxygen atoms in total. The van der Waals surface area contributed by atoms with Gasteiger partial charge in [0.15, 0.2) is 0 Å². The largest absolute Gasteiger partial charge is 0.435 e. The van der Waals surface area contributed by atoms with Gasteiger partial charge in [-0.1, -0.05) is 23.7 Å². The first-order chi connectivity index (χ1) is 18.2. The van der Waals surface area contributed by atoms with Gasteiger partial charge >= 0.3 is 6.61 Å². The Morgan fingerprint density at radius 3 is 2.42 bits per heavy atom. The molecule has 11 heteroatoms. The molecule has 0 unspecified atom stereocenters. The van der Waals surface area contributed by atoms with Crippen LogP contribution in [0.4, 0.5) is 14.5 Å². The minimum atomic E-state index is -2.99. The van der Waals surface area contributed by atoms with Gasteiger partial charge in [0, 0.05) is 42.9 Å². The molecule has 0 radical (unpaired) electrons. The number of ether oxygens (including phenoxy) is 2. The Labute approximate surface area is 222 Å². The SMILES string of the molecule is COCCn1ccc(C)c(N2C[C@@H](c3ccc(Cl)cc3)[C@H](NC(=O)c3ccc(OC(F)F)cc3)C2=O)c1=O. The first-order valence-corrected chi connectivity index (χ1v) is 12.2. The molecule has 2 atom stereocenters. The van der Waals surface area contributed by atoms with Gasteiger partial charge < -0.3 is 24.3 Å². The van der Waals surface area contributed by atoms with E-state index in [0.29, 0.717) is 23.7 Å². The average Bonchev–Trinajstić information content (AvgIpc) is 3.19. The fraction of sp³-hybridized carbons (Fsp3) is 0.296. The molecule has 200 valence electrons. The Balaban J connectivity index is 1.67. The van der Waals surface area contributed by atoms with Crippen LogP contribution in [0, 0.1) is 6.92 Å². The van der Waals surface area contributed by atoms with E-state index in [-0.39, 0.29) is 29.1 Å². The highest BCUT2D eigenvalue weighted by Gasteiger charge is 2.44. The van der Waals surface area contributed by atoms with Crippen LogP contribution in [0.25, 0.3) is 0 Å². The third kappa shape index (κ3) is 5.87. The normalized spacial score (nSPS) is 17.2. The molecule has 4 rings (SSSR count). The molecule has 1 N–H and O–H groups in total. The molecule has 1 fully saturated rings. The summed E-state index contributed by atoms with van der Waals surface area (Å²) in [6.45, 7) is -0.453. The lowest BCUT2D eigenvalue weighted by atomic mass is 9.94. The van der Waals surface area contributed by atoms with Crippen LogP contribution in [0.1, 0.15) is 27.4 Å². The number of anilines is 1. The highest BCUT2D eigenvalue weighted by molar-refractivity contribution is 6.30. The maximum Gasteiger partial charge on any atom is 0.387 e. The summed E-state index contributed by atoms with van der Waals surface area (Å²) in [5, 5.41) is 3.29. The number of amides is 2. The number of nitrogens with zero attached hydrogens (tertiary/aromatic N) is 2. The van der Waals surface area contributed by atoms with Gasteiger partial charge in [-0.15, -0.1) is 0 Å². The predicted octanol–water partition coefficient (Wildman–Crippen LogP) is 3.99. The molecule has 1 aliphatic rings. The Morgan fingerprint density at radius 1 is 1.11 bits per heavy atom. The van der Waals surface area contributed by atoms with Crippen molar-refractivity contribution in [3.05, 3.63) is 92.9 Å². The lowest BCUT2D eigenvalue weighted by molar-refractivity contribution is -0.118. The van der Waals surface area contributed by atoms with Crippen molar-refractivity contribution in [1.82, 2.24) is 9.88 Å². The summed E-state index contributed by atoms with van der Waals surface area (Å²) in [7, 11) is 1.54. The molecule has 0 bridgehead atoms. The van der Waals surface area contributed by atoms with Gasteiger partial charge in [-0.25, -0.2) is 0 Å². The number of hydrogen-bond acceptors (Lipinski definition) is 5. The summed E-state index contributed by atoms with van der Waals surface area (Å²) in [5.74, 6) is -1.60. The number of pyridine rings is 1. The molecule has 1 saturated heterocycles. The summed E-state index contributed by atoms with van der Waals surface area (Å²) >= 11 is 6.06. The molecule has 2 aromatic carbocycles. The number of aryl methyl sites for hydroxylation is 1. The van der Waals surface area contributed by atoms with E-state index in [0.717, 1.165) is 5.56 Å². The van der Waals surface area contributed by atoms with E-state index in [2.05, 4.69) is 10.1 Å². The van der Waals surface area contributed by atoms with E-state index < -0.39 is 30.4 Å². The quantitative estimate of drug-likeness (QED) is 0.439. The summed E-state index contributed by atoms with van der Waals surface area (Å²) in [5.41, 5.74) is 1.42. The Kier molecular flexibility index (Phi) is 8.43. The number of carbonyl (C=O) groups is 2. The number of halogens is 3. The van der Waals surface area contributed by atoms with E-state index in [1.54, 1.807) is 43.5 Å². The number of alkyl halides is 2. The molecule has 0 saturated carbocycles. The Hall–Kier alpha value is -3.76. The summed E-state index contributed by atoms with van der Waals surface area (Å²) < 4.78 is 35.8. The second-order valence-corrected chi connectivity index (χ2v) is 9.24. The number of nitrogens with one attached hydrogen (secondary N) is 1. The van der Waals surface area contributed by atoms with Crippen molar-refractivity contribution in [3.63, 3.8) is 0 Å². The van der Waals surface area contributed by atoms with Crippen molar-refractivity contribution in [2.75, 3.05) is 25.2 Å². The van der Waals surface area contributed by atoms with Crippen LogP contribution in [-0.4, -0.2) is 49.3 Å². The third-order valence-electron chi connectivity index (χ3n) is 6.39. The van der Waals surface area contributed by atoms with Gasteiger partial charge in [0.05, 0.1) is 6.61 Å². The molecule has 0 spiro atoms. The molecule has 3 aromatic rings. The second kappa shape index (κ2) is 11.7. The van der Waals surface area contributed by atoms with Gasteiger partial charge in [-0.3, -0.25) is 14.4 Å². The first-order valence-electron chi connectivity index (χ1n) is 11.8. The van der Waals surface area contributed by atoms with Crippen LogP contribution in [0.2, 0.25) is 5.02 Å². The van der Waals surface area contributed by atoms with Crippen LogP contribution in [-0.2, 0) is 16.1 Å². The van der Waals surface area contributed by atoms with Crippen LogP contribution in [0.3, 0.4) is 0 Å². The molecular formula is C27H26ClF2N3O5. The predicted molar refractivity (Wildman–Crippen MR) is 138 cm³/mol. The average molecular weight is 546 g/mol. The van der Waals surface area contributed by atoms with E-state index >= 15 is 0 Å². The van der Waals surface area contributed by atoms with Crippen molar-refractivity contribution >= 4 is 29.1 Å². The van der Waals surface area contributed by atoms with Gasteiger partial charge in [0.2, 0.25) is 5.91 Å². The Morgan fingerprint density at radius 2 is 1.79 bits per heavy atom. The molecule has 1 aliphatic heterocycles. The highest BCUT2D eigenvalue weighted by atomic mass is 35.5. The van der Waals surface area contributed by atoms with Gasteiger partial charge in [0.25, 0.3) is 11.5 Å². The summed E-state index contributed by atoms with van der Waals surface area (Å²) in [4.78, 5) is 41.6. The van der Waals surface area contributed by atoms with Crippen LogP contribution >= 0.6 is 11.6 Å². The lowest BCUT2D eigenvalue weighted by Gasteiger charge is -2.20. The van der Waals surface area contributed by atoms with Crippen molar-refractivity contribution in [2.24, 2.45) is 0 Å². The number of benzene rings is 2. The standard InChI is InChI=1S/C27H26ClF2N3O5/c1-16-11-12-32(13-14-37-2)26(36)23(16)33-15-21(17-3-7-19(28)8-4-17)22(25(33)35)31-24(34)18-5-9-20(10-6-18)38-27(29)30/h3-12,21-22,27H,13-15H2,1-2H3,(H,31,34)/t21-,22-/m0/s1. The van der Waals surface area contributed by atoms with E-state index in [1.807, 2.05) is 0 Å². The highest BCUT2D eigenvalue weighted by Crippen LogP contribution is 2.33. The van der Waals surface area contributed by atoms with Crippen molar-refractivity contribution in [2.45, 2.75) is 32.0 Å². The molecule has 38 heavy (non-hydrogen) atoms. The second-order valence-electron chi connectivity index (χ2n) is 8.80. The minimum absolute atomic E-state index is 0.0944. The zero-order valence-electron chi connectivity index (χ0n) is 20.7. The molecule has 2 heterocycles. The zero-order chi connectivity index (χ0) is 27.4.